The first-order valence-corrected chi connectivity index (χ1v) is 12.6. The van der Waals surface area contributed by atoms with Crippen molar-refractivity contribution in [2.75, 3.05) is 0 Å². The van der Waals surface area contributed by atoms with Crippen LogP contribution in [0.4, 0.5) is 26.3 Å². The van der Waals surface area contributed by atoms with Crippen molar-refractivity contribution < 1.29 is 41.7 Å². The standard InChI is InChI=1S/C27H34F6O3/c1-23-9-2-4-18(6-5-17-14-19(34)16-20(35)15-17)21(23)7-8-22(23)24(12-13-24)10-3-11-25(36,26(28,29)30)27(31,32)33/h3,5-6,8,11,19-21,34-36H,2,4,7,9-10,12-16H2,1H3/b11-3+,17-5?,18-6+/t19-,20?,21?,23+/m1/s1. The first kappa shape index (κ1) is 27.5. The fraction of sp³-hybridized carbons (Fsp3) is 0.704. The quantitative estimate of drug-likeness (QED) is 0.288. The lowest BCUT2D eigenvalue weighted by Gasteiger charge is -2.43. The van der Waals surface area contributed by atoms with Gasteiger partial charge in [0, 0.05) is 0 Å². The zero-order valence-electron chi connectivity index (χ0n) is 20.3. The molecule has 3 saturated carbocycles. The molecular formula is C27H34F6O3. The molecule has 0 aromatic heterocycles. The van der Waals surface area contributed by atoms with E-state index >= 15 is 0 Å². The van der Waals surface area contributed by atoms with Gasteiger partial charge in [0.2, 0.25) is 0 Å². The van der Waals surface area contributed by atoms with E-state index in [2.05, 4.69) is 19.1 Å². The van der Waals surface area contributed by atoms with Crippen LogP contribution in [-0.4, -0.2) is 45.5 Å². The summed E-state index contributed by atoms with van der Waals surface area (Å²) in [6.45, 7) is 2.15. The molecule has 0 saturated heterocycles. The average molecular weight is 521 g/mol. The summed E-state index contributed by atoms with van der Waals surface area (Å²) in [7, 11) is 0. The van der Waals surface area contributed by atoms with Crippen molar-refractivity contribution >= 4 is 0 Å². The summed E-state index contributed by atoms with van der Waals surface area (Å²) in [5.41, 5.74) is -2.17. The first-order chi connectivity index (χ1) is 16.6. The molecule has 3 nitrogen and oxygen atoms in total. The zero-order valence-corrected chi connectivity index (χ0v) is 20.3. The highest BCUT2D eigenvalue weighted by Crippen LogP contribution is 2.67. The van der Waals surface area contributed by atoms with Crippen molar-refractivity contribution in [3.8, 4) is 0 Å². The minimum absolute atomic E-state index is 0.0223. The summed E-state index contributed by atoms with van der Waals surface area (Å²) in [6.07, 6.45) is 0.484. The Balaban J connectivity index is 1.51. The van der Waals surface area contributed by atoms with E-state index in [0.29, 0.717) is 32.1 Å². The van der Waals surface area contributed by atoms with Gasteiger partial charge in [-0.05, 0) is 87.0 Å². The molecular weight excluding hydrogens is 486 g/mol. The molecule has 0 aliphatic heterocycles. The van der Waals surface area contributed by atoms with E-state index in [1.54, 1.807) is 0 Å². The Kier molecular flexibility index (Phi) is 7.10. The van der Waals surface area contributed by atoms with Gasteiger partial charge in [0.1, 0.15) is 0 Å². The van der Waals surface area contributed by atoms with E-state index in [1.807, 2.05) is 6.08 Å². The van der Waals surface area contributed by atoms with Crippen molar-refractivity contribution in [1.82, 2.24) is 0 Å². The van der Waals surface area contributed by atoms with E-state index in [4.69, 9.17) is 0 Å². The van der Waals surface area contributed by atoms with Crippen LogP contribution < -0.4 is 0 Å². The fourth-order valence-corrected chi connectivity index (χ4v) is 6.71. The van der Waals surface area contributed by atoms with Gasteiger partial charge in [0.15, 0.2) is 0 Å². The van der Waals surface area contributed by atoms with Gasteiger partial charge in [-0.2, -0.15) is 26.3 Å². The third-order valence-corrected chi connectivity index (χ3v) is 8.78. The highest BCUT2D eigenvalue weighted by molar-refractivity contribution is 5.40. The van der Waals surface area contributed by atoms with Crippen molar-refractivity contribution in [3.63, 3.8) is 0 Å². The number of halogens is 6. The first-order valence-electron chi connectivity index (χ1n) is 12.6. The predicted octanol–water partition coefficient (Wildman–Crippen LogP) is 6.46. The lowest BCUT2D eigenvalue weighted by Crippen LogP contribution is -2.55. The molecule has 3 fully saturated rings. The molecule has 0 amide bonds. The van der Waals surface area contributed by atoms with Crippen LogP contribution in [0.3, 0.4) is 0 Å². The monoisotopic (exact) mass is 520 g/mol. The number of fused-ring (bicyclic) bond motifs is 1. The van der Waals surface area contributed by atoms with Gasteiger partial charge in [-0.15, -0.1) is 0 Å². The van der Waals surface area contributed by atoms with Gasteiger partial charge in [-0.3, -0.25) is 0 Å². The summed E-state index contributed by atoms with van der Waals surface area (Å²) in [6, 6.07) is 0. The van der Waals surface area contributed by atoms with Crippen LogP contribution in [0.25, 0.3) is 0 Å². The molecule has 4 aliphatic rings. The maximum absolute atomic E-state index is 13.0. The van der Waals surface area contributed by atoms with Crippen LogP contribution in [0.15, 0.2) is 47.1 Å². The van der Waals surface area contributed by atoms with E-state index in [0.717, 1.165) is 42.9 Å². The van der Waals surface area contributed by atoms with Crippen LogP contribution in [-0.2, 0) is 0 Å². The van der Waals surface area contributed by atoms with Crippen molar-refractivity contribution in [2.45, 2.75) is 101 Å². The van der Waals surface area contributed by atoms with Crippen LogP contribution in [0.2, 0.25) is 0 Å². The molecule has 202 valence electrons. The lowest BCUT2D eigenvalue weighted by molar-refractivity contribution is -0.347. The number of rotatable bonds is 5. The largest absolute Gasteiger partial charge is 0.429 e. The zero-order chi connectivity index (χ0) is 26.6. The molecule has 0 heterocycles. The Labute approximate surface area is 207 Å². The van der Waals surface area contributed by atoms with Crippen molar-refractivity contribution in [3.05, 3.63) is 47.1 Å². The predicted molar refractivity (Wildman–Crippen MR) is 123 cm³/mol. The summed E-state index contributed by atoms with van der Waals surface area (Å²) >= 11 is 0. The second kappa shape index (κ2) is 9.31. The van der Waals surface area contributed by atoms with E-state index < -0.39 is 35.6 Å². The second-order valence-electron chi connectivity index (χ2n) is 11.3. The number of alkyl halides is 6. The average Bonchev–Trinajstić information content (AvgIpc) is 3.42. The molecule has 0 radical (unpaired) electrons. The number of allylic oxidation sites excluding steroid dienone is 6. The molecule has 0 spiro atoms. The Hall–Kier alpha value is -1.58. The fourth-order valence-electron chi connectivity index (χ4n) is 6.71. The summed E-state index contributed by atoms with van der Waals surface area (Å²) in [4.78, 5) is 0. The summed E-state index contributed by atoms with van der Waals surface area (Å²) in [5, 5.41) is 29.3. The van der Waals surface area contributed by atoms with E-state index in [9.17, 15) is 41.7 Å². The minimum Gasteiger partial charge on any atom is -0.393 e. The van der Waals surface area contributed by atoms with Crippen molar-refractivity contribution in [2.24, 2.45) is 16.7 Å². The smallest absolute Gasteiger partial charge is 0.393 e. The maximum atomic E-state index is 13.0. The van der Waals surface area contributed by atoms with Crippen LogP contribution in [0, 0.1) is 16.7 Å². The molecule has 0 bridgehead atoms. The molecule has 0 aromatic carbocycles. The molecule has 3 N–H and O–H groups in total. The SMILES string of the molecule is C[C@]12CCC/C(=C\C=C3CC(O)C[C@H](O)C3)C1CC=C2C1(C/C=C/C(O)(C(F)(F)F)C(F)(F)F)CC1. The molecule has 4 atom stereocenters. The Morgan fingerprint density at radius 1 is 0.972 bits per heavy atom. The van der Waals surface area contributed by atoms with Gasteiger partial charge >= 0.3 is 12.4 Å². The van der Waals surface area contributed by atoms with Crippen LogP contribution >= 0.6 is 0 Å². The highest BCUT2D eigenvalue weighted by atomic mass is 19.4. The maximum Gasteiger partial charge on any atom is 0.429 e. The van der Waals surface area contributed by atoms with Gasteiger partial charge in [0.05, 0.1) is 12.2 Å². The number of aliphatic hydroxyl groups excluding tert-OH is 2. The summed E-state index contributed by atoms with van der Waals surface area (Å²) in [5.74, 6) is 0.209. The normalized spacial score (nSPS) is 35.4. The van der Waals surface area contributed by atoms with E-state index in [-0.39, 0.29) is 23.8 Å². The Morgan fingerprint density at radius 3 is 2.14 bits per heavy atom. The van der Waals surface area contributed by atoms with E-state index in [1.165, 1.54) is 5.57 Å². The summed E-state index contributed by atoms with van der Waals surface area (Å²) < 4.78 is 78.2. The third kappa shape index (κ3) is 4.95. The van der Waals surface area contributed by atoms with Crippen molar-refractivity contribution in [1.29, 1.82) is 0 Å². The Bertz CT molecular complexity index is 943. The Morgan fingerprint density at radius 2 is 1.58 bits per heavy atom. The van der Waals surface area contributed by atoms with Gasteiger partial charge < -0.3 is 15.3 Å². The molecule has 2 unspecified atom stereocenters. The number of aliphatic hydroxyl groups is 3. The molecule has 0 aromatic rings. The third-order valence-electron chi connectivity index (χ3n) is 8.78. The number of hydrogen-bond donors (Lipinski definition) is 3. The van der Waals surface area contributed by atoms with Crippen LogP contribution in [0.1, 0.15) is 71.1 Å². The molecule has 36 heavy (non-hydrogen) atoms. The van der Waals surface area contributed by atoms with Crippen LogP contribution in [0.5, 0.6) is 0 Å². The van der Waals surface area contributed by atoms with Gasteiger partial charge in [-0.1, -0.05) is 47.9 Å². The van der Waals surface area contributed by atoms with Gasteiger partial charge in [0.25, 0.3) is 5.60 Å². The van der Waals surface area contributed by atoms with Gasteiger partial charge in [-0.25, -0.2) is 0 Å². The minimum atomic E-state index is -5.86. The molecule has 4 aliphatic carbocycles. The lowest BCUT2D eigenvalue weighted by atomic mass is 9.61. The second-order valence-corrected chi connectivity index (χ2v) is 11.3. The molecule has 9 heteroatoms. The number of hydrogen-bond acceptors (Lipinski definition) is 3. The highest BCUT2D eigenvalue weighted by Gasteiger charge is 2.69. The molecule has 4 rings (SSSR count). The topological polar surface area (TPSA) is 60.7 Å².